The van der Waals surface area contributed by atoms with Crippen LogP contribution in [0.1, 0.15) is 51.0 Å². The van der Waals surface area contributed by atoms with E-state index in [4.69, 9.17) is 9.26 Å². The molecule has 3 rings (SSSR count). The van der Waals surface area contributed by atoms with Gasteiger partial charge in [0.05, 0.1) is 12.6 Å². The maximum Gasteiger partial charge on any atom is 0.408 e. The summed E-state index contributed by atoms with van der Waals surface area (Å²) < 4.78 is 13.3. The number of alkyl carbamates (subject to hydrolysis) is 1. The van der Waals surface area contributed by atoms with Gasteiger partial charge < -0.3 is 14.6 Å². The molecule has 0 saturated carbocycles. The summed E-state index contributed by atoms with van der Waals surface area (Å²) in [5.41, 5.74) is 0.188. The van der Waals surface area contributed by atoms with Gasteiger partial charge in [0, 0.05) is 12.3 Å². The minimum Gasteiger partial charge on any atom is -0.444 e. The molecule has 0 aliphatic carbocycles. The maximum absolute atomic E-state index is 12.9. The number of nitrogens with zero attached hydrogens (tertiary/aromatic N) is 4. The SMILES string of the molecule is Cc1cc(Cn2c(C(C)NC(=O)OC(C)(C)C)nc3cccn3c2=O)no1. The van der Waals surface area contributed by atoms with Gasteiger partial charge in [-0.1, -0.05) is 5.16 Å². The van der Waals surface area contributed by atoms with Gasteiger partial charge in [-0.05, 0) is 46.8 Å². The predicted octanol–water partition coefficient (Wildman–Crippen LogP) is 2.43. The van der Waals surface area contributed by atoms with Crippen LogP contribution in [0.2, 0.25) is 0 Å². The van der Waals surface area contributed by atoms with Crippen LogP contribution >= 0.6 is 0 Å². The number of fused-ring (bicyclic) bond motifs is 1. The van der Waals surface area contributed by atoms with E-state index in [1.807, 2.05) is 0 Å². The number of nitrogens with one attached hydrogen (secondary N) is 1. The molecule has 1 amide bonds. The summed E-state index contributed by atoms with van der Waals surface area (Å²) in [5, 5.41) is 6.68. The van der Waals surface area contributed by atoms with Crippen molar-refractivity contribution < 1.29 is 14.1 Å². The van der Waals surface area contributed by atoms with E-state index < -0.39 is 17.7 Å². The number of ether oxygens (including phenoxy) is 1. The number of carbonyl (C=O) groups is 1. The Kier molecular flexibility index (Phi) is 4.77. The lowest BCUT2D eigenvalue weighted by atomic mass is 10.2. The molecule has 3 aromatic rings. The van der Waals surface area contributed by atoms with Crippen LogP contribution in [0.4, 0.5) is 4.79 Å². The first-order valence-corrected chi connectivity index (χ1v) is 8.63. The average Bonchev–Trinajstić information content (AvgIpc) is 3.16. The number of amides is 1. The predicted molar refractivity (Wildman–Crippen MR) is 97.6 cm³/mol. The van der Waals surface area contributed by atoms with E-state index in [9.17, 15) is 9.59 Å². The Morgan fingerprint density at radius 3 is 2.78 bits per heavy atom. The lowest BCUT2D eigenvalue weighted by Crippen LogP contribution is -2.38. The van der Waals surface area contributed by atoms with Crippen molar-refractivity contribution in [2.75, 3.05) is 0 Å². The highest BCUT2D eigenvalue weighted by molar-refractivity contribution is 5.68. The van der Waals surface area contributed by atoms with Crippen molar-refractivity contribution in [1.82, 2.24) is 24.4 Å². The highest BCUT2D eigenvalue weighted by Crippen LogP contribution is 2.14. The minimum atomic E-state index is -0.624. The standard InChI is InChI=1S/C18H23N5O4/c1-11-9-13(21-27-11)10-23-15(12(2)19-16(24)26-18(3,4)5)20-14-7-6-8-22(14)17(23)25/h6-9,12H,10H2,1-5H3,(H,19,24). The molecule has 1 N–H and O–H groups in total. The van der Waals surface area contributed by atoms with Crippen molar-refractivity contribution in [2.45, 2.75) is 52.8 Å². The molecule has 0 aliphatic heterocycles. The summed E-state index contributed by atoms with van der Waals surface area (Å²) in [7, 11) is 0. The first kappa shape index (κ1) is 18.7. The van der Waals surface area contributed by atoms with Gasteiger partial charge in [0.25, 0.3) is 0 Å². The third kappa shape index (κ3) is 4.18. The van der Waals surface area contributed by atoms with Gasteiger partial charge in [0.2, 0.25) is 0 Å². The van der Waals surface area contributed by atoms with Crippen LogP contribution in [-0.4, -0.2) is 30.8 Å². The zero-order chi connectivity index (χ0) is 19.8. The largest absolute Gasteiger partial charge is 0.444 e. The summed E-state index contributed by atoms with van der Waals surface area (Å²) >= 11 is 0. The fourth-order valence-corrected chi connectivity index (χ4v) is 2.71. The number of hydrogen-bond acceptors (Lipinski definition) is 6. The van der Waals surface area contributed by atoms with Crippen molar-refractivity contribution in [3.8, 4) is 0 Å². The number of carbonyl (C=O) groups excluding carboxylic acids is 1. The van der Waals surface area contributed by atoms with Crippen LogP contribution in [-0.2, 0) is 11.3 Å². The lowest BCUT2D eigenvalue weighted by molar-refractivity contribution is 0.0504. The minimum absolute atomic E-state index is 0.174. The van der Waals surface area contributed by atoms with Gasteiger partial charge in [0.15, 0.2) is 0 Å². The van der Waals surface area contributed by atoms with Crippen molar-refractivity contribution in [1.29, 1.82) is 0 Å². The summed E-state index contributed by atoms with van der Waals surface area (Å²) in [6, 6.07) is 4.67. The maximum atomic E-state index is 12.9. The van der Waals surface area contributed by atoms with E-state index in [1.165, 1.54) is 8.97 Å². The molecule has 3 aromatic heterocycles. The molecule has 9 nitrogen and oxygen atoms in total. The molecule has 0 radical (unpaired) electrons. The fraction of sp³-hybridized carbons (Fsp3) is 0.444. The molecule has 9 heteroatoms. The van der Waals surface area contributed by atoms with Gasteiger partial charge in [0.1, 0.15) is 28.5 Å². The Labute approximate surface area is 155 Å². The Bertz CT molecular complexity index is 1020. The van der Waals surface area contributed by atoms with E-state index in [0.29, 0.717) is 22.9 Å². The second-order valence-corrected chi connectivity index (χ2v) is 7.37. The molecular weight excluding hydrogens is 350 g/mol. The van der Waals surface area contributed by atoms with Crippen molar-refractivity contribution in [3.05, 3.63) is 52.2 Å². The van der Waals surface area contributed by atoms with Gasteiger partial charge in [-0.2, -0.15) is 0 Å². The third-order valence-electron chi connectivity index (χ3n) is 3.79. The smallest absolute Gasteiger partial charge is 0.408 e. The zero-order valence-corrected chi connectivity index (χ0v) is 16.0. The first-order chi connectivity index (χ1) is 12.6. The molecule has 0 aliphatic rings. The molecule has 144 valence electrons. The zero-order valence-electron chi connectivity index (χ0n) is 16.0. The summed E-state index contributed by atoms with van der Waals surface area (Å²) in [6.07, 6.45) is 1.06. The molecule has 0 aromatic carbocycles. The van der Waals surface area contributed by atoms with Crippen LogP contribution < -0.4 is 11.0 Å². The molecule has 0 bridgehead atoms. The van der Waals surface area contributed by atoms with Crippen molar-refractivity contribution in [2.24, 2.45) is 0 Å². The van der Waals surface area contributed by atoms with Gasteiger partial charge in [-0.15, -0.1) is 0 Å². The van der Waals surface area contributed by atoms with E-state index in [2.05, 4.69) is 15.5 Å². The number of rotatable bonds is 4. The van der Waals surface area contributed by atoms with E-state index in [-0.39, 0.29) is 12.2 Å². The van der Waals surface area contributed by atoms with E-state index >= 15 is 0 Å². The fourth-order valence-electron chi connectivity index (χ4n) is 2.71. The van der Waals surface area contributed by atoms with Crippen molar-refractivity contribution >= 4 is 11.7 Å². The quantitative estimate of drug-likeness (QED) is 0.753. The molecule has 0 fully saturated rings. The van der Waals surface area contributed by atoms with Crippen LogP contribution in [0, 0.1) is 6.92 Å². The number of hydrogen-bond donors (Lipinski definition) is 1. The van der Waals surface area contributed by atoms with Crippen molar-refractivity contribution in [3.63, 3.8) is 0 Å². The number of aryl methyl sites for hydroxylation is 1. The molecular formula is C18H23N5O4. The molecule has 1 unspecified atom stereocenters. The van der Waals surface area contributed by atoms with E-state index in [1.54, 1.807) is 59.0 Å². The second-order valence-electron chi connectivity index (χ2n) is 7.37. The van der Waals surface area contributed by atoms with Crippen LogP contribution in [0.5, 0.6) is 0 Å². The number of aromatic nitrogens is 4. The Hall–Kier alpha value is -3.10. The van der Waals surface area contributed by atoms with Crippen LogP contribution in [0.3, 0.4) is 0 Å². The highest BCUT2D eigenvalue weighted by atomic mass is 16.6. The molecule has 0 saturated heterocycles. The van der Waals surface area contributed by atoms with Gasteiger partial charge in [-0.25, -0.2) is 14.6 Å². The van der Waals surface area contributed by atoms with E-state index in [0.717, 1.165) is 0 Å². The van der Waals surface area contributed by atoms with Gasteiger partial charge >= 0.3 is 11.8 Å². The van der Waals surface area contributed by atoms with Gasteiger partial charge in [-0.3, -0.25) is 8.97 Å². The highest BCUT2D eigenvalue weighted by Gasteiger charge is 2.22. The van der Waals surface area contributed by atoms with Crippen LogP contribution in [0.15, 0.2) is 33.7 Å². The summed E-state index contributed by atoms with van der Waals surface area (Å²) in [6.45, 7) is 9.05. The normalized spacial score (nSPS) is 12.9. The molecule has 3 heterocycles. The monoisotopic (exact) mass is 373 g/mol. The Balaban J connectivity index is 1.98. The average molecular weight is 373 g/mol. The lowest BCUT2D eigenvalue weighted by Gasteiger charge is -2.23. The summed E-state index contributed by atoms with van der Waals surface area (Å²) in [5.74, 6) is 1.05. The molecule has 27 heavy (non-hydrogen) atoms. The molecule has 1 atom stereocenters. The third-order valence-corrected chi connectivity index (χ3v) is 3.79. The second kappa shape index (κ2) is 6.90. The molecule has 0 spiro atoms. The summed E-state index contributed by atoms with van der Waals surface area (Å²) in [4.78, 5) is 29.6. The van der Waals surface area contributed by atoms with Crippen LogP contribution in [0.25, 0.3) is 5.65 Å². The first-order valence-electron chi connectivity index (χ1n) is 8.63. The Morgan fingerprint density at radius 1 is 1.41 bits per heavy atom. The topological polar surface area (TPSA) is 104 Å². The Morgan fingerprint density at radius 2 is 2.15 bits per heavy atom.